The molecule has 0 unspecified atom stereocenters. The SMILES string of the molecule is C=C[C@H](C)CCNC. The molecule has 0 spiro atoms. The van der Waals surface area contributed by atoms with Crippen molar-refractivity contribution in [2.75, 3.05) is 13.6 Å². The van der Waals surface area contributed by atoms with E-state index in [0.717, 1.165) is 6.54 Å². The van der Waals surface area contributed by atoms with E-state index in [0.29, 0.717) is 5.92 Å². The van der Waals surface area contributed by atoms with Gasteiger partial charge in [0.15, 0.2) is 0 Å². The van der Waals surface area contributed by atoms with Crippen molar-refractivity contribution in [1.82, 2.24) is 5.32 Å². The molecule has 0 aromatic carbocycles. The van der Waals surface area contributed by atoms with Gasteiger partial charge < -0.3 is 5.32 Å². The minimum atomic E-state index is 0.655. The minimum absolute atomic E-state index is 0.655. The molecule has 0 aromatic rings. The number of hydrogen-bond donors (Lipinski definition) is 1. The first-order chi connectivity index (χ1) is 3.81. The van der Waals surface area contributed by atoms with Crippen LogP contribution in [0.1, 0.15) is 13.3 Å². The molecule has 1 nitrogen and oxygen atoms in total. The molecule has 0 aromatic heterocycles. The van der Waals surface area contributed by atoms with Crippen LogP contribution in [0.15, 0.2) is 12.7 Å². The van der Waals surface area contributed by atoms with Crippen LogP contribution in [0.25, 0.3) is 0 Å². The summed E-state index contributed by atoms with van der Waals surface area (Å²) in [5, 5.41) is 3.09. The molecule has 1 atom stereocenters. The molecule has 0 amide bonds. The summed E-state index contributed by atoms with van der Waals surface area (Å²) in [6.45, 7) is 6.95. The van der Waals surface area contributed by atoms with Crippen LogP contribution in [0.4, 0.5) is 0 Å². The molecule has 0 saturated carbocycles. The molecule has 0 saturated heterocycles. The summed E-state index contributed by atoms with van der Waals surface area (Å²) in [7, 11) is 1.97. The third kappa shape index (κ3) is 3.88. The average molecular weight is 113 g/mol. The zero-order valence-corrected chi connectivity index (χ0v) is 5.78. The highest BCUT2D eigenvalue weighted by molar-refractivity contribution is 4.74. The number of nitrogens with one attached hydrogen (secondary N) is 1. The fourth-order valence-electron chi connectivity index (χ4n) is 0.490. The van der Waals surface area contributed by atoms with Crippen molar-refractivity contribution in [1.29, 1.82) is 0 Å². The van der Waals surface area contributed by atoms with Crippen molar-refractivity contribution in [2.45, 2.75) is 13.3 Å². The van der Waals surface area contributed by atoms with Crippen LogP contribution in [0, 0.1) is 5.92 Å². The van der Waals surface area contributed by atoms with Gasteiger partial charge in [-0.2, -0.15) is 0 Å². The largest absolute Gasteiger partial charge is 0.320 e. The van der Waals surface area contributed by atoms with E-state index >= 15 is 0 Å². The smallest absolute Gasteiger partial charge is 0.00464 e. The molecule has 1 heteroatoms. The Morgan fingerprint density at radius 1 is 1.75 bits per heavy atom. The van der Waals surface area contributed by atoms with Crippen LogP contribution in [-0.2, 0) is 0 Å². The van der Waals surface area contributed by atoms with Crippen molar-refractivity contribution in [2.24, 2.45) is 5.92 Å². The minimum Gasteiger partial charge on any atom is -0.320 e. The molecule has 0 heterocycles. The summed E-state index contributed by atoms with van der Waals surface area (Å²) in [5.74, 6) is 0.655. The lowest BCUT2D eigenvalue weighted by atomic mass is 10.1. The Hall–Kier alpha value is -0.300. The normalized spacial score (nSPS) is 13.2. The van der Waals surface area contributed by atoms with E-state index in [4.69, 9.17) is 0 Å². The van der Waals surface area contributed by atoms with E-state index in [1.807, 2.05) is 13.1 Å². The Morgan fingerprint density at radius 3 is 2.75 bits per heavy atom. The Kier molecular flexibility index (Phi) is 4.67. The van der Waals surface area contributed by atoms with Gasteiger partial charge in [0.05, 0.1) is 0 Å². The summed E-state index contributed by atoms with van der Waals surface area (Å²) in [5.41, 5.74) is 0. The second kappa shape index (κ2) is 4.85. The lowest BCUT2D eigenvalue weighted by Crippen LogP contribution is -2.10. The second-order valence-electron chi connectivity index (χ2n) is 2.11. The van der Waals surface area contributed by atoms with E-state index in [1.165, 1.54) is 6.42 Å². The predicted octanol–water partition coefficient (Wildman–Crippen LogP) is 1.42. The Labute approximate surface area is 51.8 Å². The molecule has 0 aliphatic rings. The highest BCUT2D eigenvalue weighted by Gasteiger charge is 1.91. The second-order valence-corrected chi connectivity index (χ2v) is 2.11. The highest BCUT2D eigenvalue weighted by Crippen LogP contribution is 1.98. The topological polar surface area (TPSA) is 12.0 Å². The van der Waals surface area contributed by atoms with Gasteiger partial charge in [-0.05, 0) is 25.9 Å². The van der Waals surface area contributed by atoms with E-state index < -0.39 is 0 Å². The Morgan fingerprint density at radius 2 is 2.38 bits per heavy atom. The van der Waals surface area contributed by atoms with Crippen LogP contribution in [0.5, 0.6) is 0 Å². The molecule has 8 heavy (non-hydrogen) atoms. The van der Waals surface area contributed by atoms with Gasteiger partial charge in [0.25, 0.3) is 0 Å². The van der Waals surface area contributed by atoms with Gasteiger partial charge in [0, 0.05) is 0 Å². The van der Waals surface area contributed by atoms with Crippen LogP contribution in [0.2, 0.25) is 0 Å². The van der Waals surface area contributed by atoms with Crippen LogP contribution in [0.3, 0.4) is 0 Å². The molecule has 0 rings (SSSR count). The quantitative estimate of drug-likeness (QED) is 0.544. The van der Waals surface area contributed by atoms with Crippen molar-refractivity contribution in [3.05, 3.63) is 12.7 Å². The third-order valence-corrected chi connectivity index (χ3v) is 1.25. The monoisotopic (exact) mass is 113 g/mol. The standard InChI is InChI=1S/C7H15N/c1-4-7(2)5-6-8-3/h4,7-8H,1,5-6H2,2-3H3/t7-/m0/s1. The highest BCUT2D eigenvalue weighted by atomic mass is 14.8. The molecule has 0 bridgehead atoms. The van der Waals surface area contributed by atoms with Gasteiger partial charge in [-0.15, -0.1) is 6.58 Å². The maximum Gasteiger partial charge on any atom is -0.00464 e. The maximum atomic E-state index is 3.69. The first kappa shape index (κ1) is 7.70. The summed E-state index contributed by atoms with van der Waals surface area (Å²) >= 11 is 0. The summed E-state index contributed by atoms with van der Waals surface area (Å²) < 4.78 is 0. The van der Waals surface area contributed by atoms with Gasteiger partial charge in [0.2, 0.25) is 0 Å². The molecule has 0 aliphatic carbocycles. The first-order valence-electron chi connectivity index (χ1n) is 3.08. The summed E-state index contributed by atoms with van der Waals surface area (Å²) in [4.78, 5) is 0. The van der Waals surface area contributed by atoms with Crippen molar-refractivity contribution >= 4 is 0 Å². The predicted molar refractivity (Wildman–Crippen MR) is 37.9 cm³/mol. The van der Waals surface area contributed by atoms with Crippen LogP contribution >= 0.6 is 0 Å². The zero-order valence-electron chi connectivity index (χ0n) is 5.78. The number of rotatable bonds is 4. The average Bonchev–Trinajstić information content (AvgIpc) is 1.83. The lowest BCUT2D eigenvalue weighted by Gasteiger charge is -2.02. The van der Waals surface area contributed by atoms with Crippen LogP contribution in [-0.4, -0.2) is 13.6 Å². The van der Waals surface area contributed by atoms with E-state index in [2.05, 4.69) is 18.8 Å². The third-order valence-electron chi connectivity index (χ3n) is 1.25. The number of allylic oxidation sites excluding steroid dienone is 1. The molecule has 48 valence electrons. The fourth-order valence-corrected chi connectivity index (χ4v) is 0.490. The van der Waals surface area contributed by atoms with E-state index in [1.54, 1.807) is 0 Å². The molecular formula is C7H15N. The molecule has 0 aliphatic heterocycles. The molecule has 1 N–H and O–H groups in total. The summed E-state index contributed by atoms with van der Waals surface area (Å²) in [6.07, 6.45) is 3.18. The van der Waals surface area contributed by atoms with Crippen LogP contribution < -0.4 is 5.32 Å². The molecule has 0 radical (unpaired) electrons. The first-order valence-corrected chi connectivity index (χ1v) is 3.08. The maximum absolute atomic E-state index is 3.69. The van der Waals surface area contributed by atoms with Gasteiger partial charge in [-0.25, -0.2) is 0 Å². The Balaban J connectivity index is 2.98. The van der Waals surface area contributed by atoms with Gasteiger partial charge in [-0.3, -0.25) is 0 Å². The van der Waals surface area contributed by atoms with E-state index in [9.17, 15) is 0 Å². The zero-order chi connectivity index (χ0) is 6.41. The number of hydrogen-bond acceptors (Lipinski definition) is 1. The van der Waals surface area contributed by atoms with Gasteiger partial charge >= 0.3 is 0 Å². The van der Waals surface area contributed by atoms with Crippen molar-refractivity contribution < 1.29 is 0 Å². The van der Waals surface area contributed by atoms with Crippen molar-refractivity contribution in [3.63, 3.8) is 0 Å². The summed E-state index contributed by atoms with van der Waals surface area (Å²) in [6, 6.07) is 0. The Bertz CT molecular complexity index is 59.4. The lowest BCUT2D eigenvalue weighted by molar-refractivity contribution is 0.612. The molecular weight excluding hydrogens is 98.1 g/mol. The van der Waals surface area contributed by atoms with Gasteiger partial charge in [0.1, 0.15) is 0 Å². The van der Waals surface area contributed by atoms with Crippen molar-refractivity contribution in [3.8, 4) is 0 Å². The van der Waals surface area contributed by atoms with E-state index in [-0.39, 0.29) is 0 Å². The van der Waals surface area contributed by atoms with Gasteiger partial charge in [-0.1, -0.05) is 13.0 Å². The molecule has 0 fully saturated rings. The fraction of sp³-hybridized carbons (Fsp3) is 0.714.